The number of hydrogen-bond donors (Lipinski definition) is 0. The van der Waals surface area contributed by atoms with Crippen molar-refractivity contribution in [1.29, 1.82) is 10.5 Å². The minimum Gasteiger partial charge on any atom is -0.489 e. The third-order valence-electron chi connectivity index (χ3n) is 4.93. The van der Waals surface area contributed by atoms with Crippen molar-refractivity contribution in [2.24, 2.45) is 0 Å². The molecule has 0 N–H and O–H groups in total. The van der Waals surface area contributed by atoms with Gasteiger partial charge in [0.15, 0.2) is 0 Å². The van der Waals surface area contributed by atoms with Gasteiger partial charge >= 0.3 is 0 Å². The first-order valence-electron chi connectivity index (χ1n) is 10.1. The maximum absolute atomic E-state index is 13.6. The van der Waals surface area contributed by atoms with Crippen LogP contribution in [0.15, 0.2) is 47.8 Å². The predicted octanol–water partition coefficient (Wildman–Crippen LogP) is 4.08. The molecular weight excluding hydrogens is 446 g/mol. The van der Waals surface area contributed by atoms with Gasteiger partial charge in [-0.15, -0.1) is 0 Å². The van der Waals surface area contributed by atoms with Gasteiger partial charge < -0.3 is 9.64 Å². The summed E-state index contributed by atoms with van der Waals surface area (Å²) in [7, 11) is 0. The number of nitriles is 2. The van der Waals surface area contributed by atoms with Crippen molar-refractivity contribution in [2.75, 3.05) is 31.3 Å². The molecule has 0 bridgehead atoms. The molecule has 0 unspecified atom stereocenters. The first-order valence-corrected chi connectivity index (χ1v) is 11.1. The number of alkyl halides is 2. The van der Waals surface area contributed by atoms with Crippen LogP contribution in [0.25, 0.3) is 11.3 Å². The summed E-state index contributed by atoms with van der Waals surface area (Å²) in [5.41, 5.74) is 1.87. The maximum atomic E-state index is 13.6. The molecule has 10 heteroatoms. The standard InChI is InChI=1S/C23H18F2N6OS/c24-6-8-32-17-4-5-20(29-11-17)21-18(9-26)22(31-12-15(25)13-31)30-23(19(21)10-27)33-14-16-3-1-2-7-28-16/h1-5,7,11,15H,6,8,12-14H2. The summed E-state index contributed by atoms with van der Waals surface area (Å²) in [5.74, 6) is 1.15. The third kappa shape index (κ3) is 4.86. The highest BCUT2D eigenvalue weighted by Gasteiger charge is 2.32. The van der Waals surface area contributed by atoms with Gasteiger partial charge in [0.1, 0.15) is 53.7 Å². The molecule has 1 saturated heterocycles. The van der Waals surface area contributed by atoms with E-state index in [9.17, 15) is 19.3 Å². The van der Waals surface area contributed by atoms with E-state index in [0.29, 0.717) is 33.6 Å². The van der Waals surface area contributed by atoms with Gasteiger partial charge in [-0.3, -0.25) is 9.97 Å². The summed E-state index contributed by atoms with van der Waals surface area (Å²) < 4.78 is 31.2. The number of ether oxygens (including phenoxy) is 1. The molecule has 166 valence electrons. The van der Waals surface area contributed by atoms with Crippen LogP contribution >= 0.6 is 11.8 Å². The molecule has 4 heterocycles. The molecule has 1 aliphatic rings. The van der Waals surface area contributed by atoms with Crippen molar-refractivity contribution in [3.8, 4) is 29.1 Å². The topological polar surface area (TPSA) is 98.7 Å². The number of hydrogen-bond acceptors (Lipinski definition) is 8. The van der Waals surface area contributed by atoms with Crippen LogP contribution in [0.3, 0.4) is 0 Å². The van der Waals surface area contributed by atoms with Gasteiger partial charge in [-0.05, 0) is 24.3 Å². The van der Waals surface area contributed by atoms with E-state index in [4.69, 9.17) is 4.74 Å². The lowest BCUT2D eigenvalue weighted by atomic mass is 9.99. The number of aromatic nitrogens is 3. The molecule has 7 nitrogen and oxygen atoms in total. The van der Waals surface area contributed by atoms with Gasteiger partial charge in [-0.2, -0.15) is 10.5 Å². The van der Waals surface area contributed by atoms with Crippen LogP contribution in [-0.4, -0.2) is 47.5 Å². The molecule has 0 radical (unpaired) electrons. The summed E-state index contributed by atoms with van der Waals surface area (Å²) >= 11 is 1.31. The monoisotopic (exact) mass is 464 g/mol. The second kappa shape index (κ2) is 10.2. The Balaban J connectivity index is 1.79. The van der Waals surface area contributed by atoms with Crippen LogP contribution in [0, 0.1) is 22.7 Å². The molecule has 3 aromatic heterocycles. The molecule has 0 spiro atoms. The Labute approximate surface area is 193 Å². The van der Waals surface area contributed by atoms with Crippen molar-refractivity contribution in [1.82, 2.24) is 15.0 Å². The minimum atomic E-state index is -0.993. The normalized spacial score (nSPS) is 13.2. The van der Waals surface area contributed by atoms with Crippen molar-refractivity contribution in [2.45, 2.75) is 17.0 Å². The molecule has 0 amide bonds. The zero-order valence-corrected chi connectivity index (χ0v) is 18.2. The summed E-state index contributed by atoms with van der Waals surface area (Å²) in [6.07, 6.45) is 2.10. The average molecular weight is 465 g/mol. The molecule has 4 rings (SSSR count). The Bertz CT molecular complexity index is 1200. The quantitative estimate of drug-likeness (QED) is 0.460. The van der Waals surface area contributed by atoms with Gasteiger partial charge in [0, 0.05) is 17.5 Å². The lowest BCUT2D eigenvalue weighted by molar-refractivity contribution is 0.272. The third-order valence-corrected chi connectivity index (χ3v) is 5.94. The molecule has 0 saturated carbocycles. The Morgan fingerprint density at radius 2 is 1.94 bits per heavy atom. The second-order valence-electron chi connectivity index (χ2n) is 7.12. The minimum absolute atomic E-state index is 0.0962. The fourth-order valence-electron chi connectivity index (χ4n) is 3.34. The zero-order chi connectivity index (χ0) is 23.2. The van der Waals surface area contributed by atoms with E-state index >= 15 is 0 Å². The molecule has 0 atom stereocenters. The number of halogens is 2. The van der Waals surface area contributed by atoms with Crippen molar-refractivity contribution < 1.29 is 13.5 Å². The Hall–Kier alpha value is -3.76. The predicted molar refractivity (Wildman–Crippen MR) is 119 cm³/mol. The van der Waals surface area contributed by atoms with Crippen molar-refractivity contribution in [3.05, 3.63) is 59.5 Å². The lowest BCUT2D eigenvalue weighted by Gasteiger charge is -2.36. The Morgan fingerprint density at radius 1 is 1.12 bits per heavy atom. The molecule has 3 aromatic rings. The maximum Gasteiger partial charge on any atom is 0.148 e. The van der Waals surface area contributed by atoms with Gasteiger partial charge in [0.25, 0.3) is 0 Å². The number of thioether (sulfide) groups is 1. The second-order valence-corrected chi connectivity index (χ2v) is 8.08. The first-order chi connectivity index (χ1) is 16.1. The SMILES string of the molecule is N#Cc1c(SCc2ccccn2)nc(N2CC(F)C2)c(C#N)c1-c1ccc(OCCF)cn1. The van der Waals surface area contributed by atoms with Crippen LogP contribution in [0.2, 0.25) is 0 Å². The highest BCUT2D eigenvalue weighted by atomic mass is 32.2. The van der Waals surface area contributed by atoms with Crippen molar-refractivity contribution in [3.63, 3.8) is 0 Å². The van der Waals surface area contributed by atoms with E-state index in [1.54, 1.807) is 23.2 Å². The Kier molecular flexibility index (Phi) is 6.96. The molecule has 1 aliphatic heterocycles. The highest BCUT2D eigenvalue weighted by molar-refractivity contribution is 7.98. The number of rotatable bonds is 8. The zero-order valence-electron chi connectivity index (χ0n) is 17.4. The van der Waals surface area contributed by atoms with Gasteiger partial charge in [-0.1, -0.05) is 17.8 Å². The van der Waals surface area contributed by atoms with Crippen molar-refractivity contribution >= 4 is 17.6 Å². The molecule has 0 aliphatic carbocycles. The summed E-state index contributed by atoms with van der Waals surface area (Å²) in [6, 6.07) is 13.1. The van der Waals surface area contributed by atoms with Gasteiger partial charge in [0.05, 0.1) is 36.2 Å². The smallest absolute Gasteiger partial charge is 0.148 e. The van der Waals surface area contributed by atoms with Gasteiger partial charge in [-0.25, -0.2) is 13.8 Å². The highest BCUT2D eigenvalue weighted by Crippen LogP contribution is 2.39. The largest absolute Gasteiger partial charge is 0.489 e. The van der Waals surface area contributed by atoms with E-state index in [1.807, 2.05) is 18.2 Å². The van der Waals surface area contributed by atoms with E-state index < -0.39 is 12.8 Å². The van der Waals surface area contributed by atoms with Crippen LogP contribution in [0.4, 0.5) is 14.6 Å². The summed E-state index contributed by atoms with van der Waals surface area (Å²) in [6.45, 7) is -0.475. The van der Waals surface area contributed by atoms with E-state index in [0.717, 1.165) is 5.69 Å². The number of anilines is 1. The van der Waals surface area contributed by atoms with E-state index in [2.05, 4.69) is 27.1 Å². The van der Waals surface area contributed by atoms with E-state index in [1.165, 1.54) is 18.0 Å². The molecular formula is C23H18F2N6OS. The van der Waals surface area contributed by atoms with Crippen LogP contribution in [-0.2, 0) is 5.75 Å². The van der Waals surface area contributed by atoms with Crippen LogP contribution in [0.5, 0.6) is 5.75 Å². The number of pyridine rings is 3. The molecule has 1 fully saturated rings. The molecule has 33 heavy (non-hydrogen) atoms. The first kappa shape index (κ1) is 22.4. The summed E-state index contributed by atoms with van der Waals surface area (Å²) in [4.78, 5) is 14.9. The van der Waals surface area contributed by atoms with Crippen LogP contribution < -0.4 is 9.64 Å². The average Bonchev–Trinajstić information content (AvgIpc) is 2.84. The number of nitrogens with zero attached hydrogens (tertiary/aromatic N) is 6. The fourth-order valence-corrected chi connectivity index (χ4v) is 4.24. The van der Waals surface area contributed by atoms with E-state index in [-0.39, 0.29) is 30.8 Å². The molecule has 0 aromatic carbocycles. The van der Waals surface area contributed by atoms with Crippen LogP contribution in [0.1, 0.15) is 16.8 Å². The summed E-state index contributed by atoms with van der Waals surface area (Å²) in [5, 5.41) is 20.4. The fraction of sp³-hybridized carbons (Fsp3) is 0.261. The lowest BCUT2D eigenvalue weighted by Crippen LogP contribution is -2.49. The Morgan fingerprint density at radius 3 is 2.55 bits per heavy atom. The van der Waals surface area contributed by atoms with Gasteiger partial charge in [0.2, 0.25) is 0 Å².